The molecule has 0 aliphatic carbocycles. The van der Waals surface area contributed by atoms with Gasteiger partial charge in [-0.25, -0.2) is 4.79 Å². The number of ether oxygens (including phenoxy) is 2. The van der Waals surface area contributed by atoms with Crippen molar-refractivity contribution in [2.45, 2.75) is 26.7 Å². The van der Waals surface area contributed by atoms with Gasteiger partial charge in [-0.3, -0.25) is 14.9 Å². The molecule has 9 nitrogen and oxygen atoms in total. The van der Waals surface area contributed by atoms with Gasteiger partial charge in [0, 0.05) is 18.3 Å². The zero-order valence-corrected chi connectivity index (χ0v) is 16.4. The highest BCUT2D eigenvalue weighted by Crippen LogP contribution is 2.32. The van der Waals surface area contributed by atoms with Gasteiger partial charge in [0.05, 0.1) is 6.54 Å². The fourth-order valence-electron chi connectivity index (χ4n) is 2.69. The third-order valence-electron chi connectivity index (χ3n) is 4.22. The largest absolute Gasteiger partial charge is 0.486 e. The van der Waals surface area contributed by atoms with Crippen LogP contribution in [0.4, 0.5) is 10.5 Å². The molecule has 0 aromatic heterocycles. The molecule has 4 N–H and O–H groups in total. The molecule has 1 unspecified atom stereocenters. The lowest BCUT2D eigenvalue weighted by Gasteiger charge is -2.19. The van der Waals surface area contributed by atoms with Gasteiger partial charge in [-0.2, -0.15) is 0 Å². The highest BCUT2D eigenvalue weighted by atomic mass is 16.6. The van der Waals surface area contributed by atoms with Gasteiger partial charge in [0.15, 0.2) is 24.6 Å². The molecule has 1 aromatic rings. The second-order valence-corrected chi connectivity index (χ2v) is 6.52. The zero-order chi connectivity index (χ0) is 20.4. The first-order valence-corrected chi connectivity index (χ1v) is 9.62. The number of benzene rings is 1. The van der Waals surface area contributed by atoms with Crippen LogP contribution in [0, 0.1) is 0 Å². The van der Waals surface area contributed by atoms with E-state index in [9.17, 15) is 14.4 Å². The molecule has 1 aromatic carbocycles. The molecule has 0 bridgehead atoms. The number of urea groups is 1. The summed E-state index contributed by atoms with van der Waals surface area (Å²) in [5, 5.41) is 7.71. The number of rotatable bonds is 9. The van der Waals surface area contributed by atoms with Crippen molar-refractivity contribution in [2.75, 3.05) is 44.7 Å². The second-order valence-electron chi connectivity index (χ2n) is 6.52. The molecule has 4 amide bonds. The van der Waals surface area contributed by atoms with E-state index in [0.717, 1.165) is 17.7 Å². The molecule has 0 fully saturated rings. The van der Waals surface area contributed by atoms with Crippen LogP contribution in [-0.2, 0) is 9.59 Å². The van der Waals surface area contributed by atoms with Crippen LogP contribution in [0.3, 0.4) is 0 Å². The quantitative estimate of drug-likeness (QED) is 0.439. The Balaban J connectivity index is 1.79. The average Bonchev–Trinajstić information content (AvgIpc) is 2.67. The van der Waals surface area contributed by atoms with Gasteiger partial charge in [-0.15, -0.1) is 0 Å². The Morgan fingerprint density at radius 3 is 2.46 bits per heavy atom. The Labute approximate surface area is 164 Å². The van der Waals surface area contributed by atoms with Gasteiger partial charge in [-0.1, -0.05) is 13.3 Å². The van der Waals surface area contributed by atoms with Gasteiger partial charge >= 0.3 is 6.03 Å². The molecule has 1 aliphatic heterocycles. The number of fused-ring (bicyclic) bond motifs is 1. The number of hydrogen-bond acceptors (Lipinski definition) is 5. The SMILES string of the molecule is CCCCNC(=O)NC(=O)C[NH+](CC)CC(=O)Nc1ccc2c(c1)OCCO2. The molecule has 154 valence electrons. The first kappa shape index (κ1) is 21.5. The minimum absolute atomic E-state index is 0.0340. The van der Waals surface area contributed by atoms with Crippen molar-refractivity contribution >= 4 is 23.5 Å². The summed E-state index contributed by atoms with van der Waals surface area (Å²) < 4.78 is 11.0. The van der Waals surface area contributed by atoms with Crippen molar-refractivity contribution in [1.82, 2.24) is 10.6 Å². The number of carbonyl (C=O) groups is 3. The molecule has 0 spiro atoms. The maximum atomic E-state index is 12.3. The predicted molar refractivity (Wildman–Crippen MR) is 104 cm³/mol. The summed E-state index contributed by atoms with van der Waals surface area (Å²) in [6.45, 7) is 6.11. The Bertz CT molecular complexity index is 695. The molecule has 0 radical (unpaired) electrons. The predicted octanol–water partition coefficient (Wildman–Crippen LogP) is -0.0730. The third-order valence-corrected chi connectivity index (χ3v) is 4.22. The Morgan fingerprint density at radius 2 is 1.75 bits per heavy atom. The Kier molecular flexibility index (Phi) is 8.54. The Hall–Kier alpha value is -2.81. The number of hydrogen-bond donors (Lipinski definition) is 4. The number of imide groups is 1. The molecule has 9 heteroatoms. The van der Waals surface area contributed by atoms with Crippen LogP contribution in [0.1, 0.15) is 26.7 Å². The number of likely N-dealkylation sites (N-methyl/N-ethyl adjacent to an activating group) is 1. The lowest BCUT2D eigenvalue weighted by atomic mass is 10.2. The van der Waals surface area contributed by atoms with Crippen molar-refractivity contribution in [2.24, 2.45) is 0 Å². The van der Waals surface area contributed by atoms with Gasteiger partial charge < -0.3 is 25.0 Å². The average molecular weight is 393 g/mol. The van der Waals surface area contributed by atoms with E-state index in [-0.39, 0.29) is 19.0 Å². The fourth-order valence-corrected chi connectivity index (χ4v) is 2.69. The van der Waals surface area contributed by atoms with Crippen LogP contribution in [0.5, 0.6) is 11.5 Å². The van der Waals surface area contributed by atoms with Crippen LogP contribution in [0.2, 0.25) is 0 Å². The zero-order valence-electron chi connectivity index (χ0n) is 16.4. The first-order valence-electron chi connectivity index (χ1n) is 9.62. The number of amides is 4. The number of quaternary nitrogens is 1. The molecule has 1 heterocycles. The first-order chi connectivity index (χ1) is 13.5. The fraction of sp³-hybridized carbons (Fsp3) is 0.526. The van der Waals surface area contributed by atoms with Crippen molar-refractivity contribution in [3.05, 3.63) is 18.2 Å². The molecule has 28 heavy (non-hydrogen) atoms. The standard InChI is InChI=1S/C19H28N4O5/c1-3-5-8-20-19(26)22-18(25)13-23(4-2)12-17(24)21-14-6-7-15-16(11-14)28-10-9-27-15/h6-7,11H,3-5,8-10,12-13H2,1-2H3,(H,21,24)(H2,20,22,25,26)/p+1. The summed E-state index contributed by atoms with van der Waals surface area (Å²) in [4.78, 5) is 36.7. The van der Waals surface area contributed by atoms with E-state index in [2.05, 4.69) is 16.0 Å². The lowest BCUT2D eigenvalue weighted by Crippen LogP contribution is -3.14. The summed E-state index contributed by atoms with van der Waals surface area (Å²) >= 11 is 0. The molecule has 1 atom stereocenters. The highest BCUT2D eigenvalue weighted by Gasteiger charge is 2.19. The Morgan fingerprint density at radius 1 is 1.04 bits per heavy atom. The van der Waals surface area contributed by atoms with Crippen LogP contribution in [0.25, 0.3) is 0 Å². The number of anilines is 1. The van der Waals surface area contributed by atoms with E-state index in [4.69, 9.17) is 9.47 Å². The van der Waals surface area contributed by atoms with E-state index in [1.807, 2.05) is 13.8 Å². The van der Waals surface area contributed by atoms with Crippen molar-refractivity contribution in [3.8, 4) is 11.5 Å². The summed E-state index contributed by atoms with van der Waals surface area (Å²) in [7, 11) is 0. The summed E-state index contributed by atoms with van der Waals surface area (Å²) in [6.07, 6.45) is 1.81. The van der Waals surface area contributed by atoms with E-state index in [1.54, 1.807) is 18.2 Å². The monoisotopic (exact) mass is 393 g/mol. The third kappa shape index (κ3) is 7.07. The maximum Gasteiger partial charge on any atom is 0.321 e. The number of nitrogens with one attached hydrogen (secondary N) is 4. The molecule has 0 saturated carbocycles. The second kappa shape index (κ2) is 11.1. The lowest BCUT2D eigenvalue weighted by molar-refractivity contribution is -0.881. The van der Waals surface area contributed by atoms with Crippen LogP contribution in [-0.4, -0.2) is 57.2 Å². The topological polar surface area (TPSA) is 110 Å². The van der Waals surface area contributed by atoms with Crippen LogP contribution < -0.4 is 30.3 Å². The normalized spacial score (nSPS) is 13.4. The molecule has 1 aliphatic rings. The van der Waals surface area contributed by atoms with E-state index < -0.39 is 11.9 Å². The molecule has 2 rings (SSSR count). The summed E-state index contributed by atoms with van der Waals surface area (Å²) in [5.74, 6) is 0.600. The van der Waals surface area contributed by atoms with Crippen molar-refractivity contribution in [3.63, 3.8) is 0 Å². The van der Waals surface area contributed by atoms with E-state index in [1.165, 1.54) is 0 Å². The smallest absolute Gasteiger partial charge is 0.321 e. The van der Waals surface area contributed by atoms with Crippen molar-refractivity contribution < 1.29 is 28.8 Å². The minimum Gasteiger partial charge on any atom is -0.486 e. The van der Waals surface area contributed by atoms with Crippen LogP contribution >= 0.6 is 0 Å². The molecular weight excluding hydrogens is 364 g/mol. The van der Waals surface area contributed by atoms with E-state index >= 15 is 0 Å². The maximum absolute atomic E-state index is 12.3. The van der Waals surface area contributed by atoms with E-state index in [0.29, 0.717) is 43.5 Å². The summed E-state index contributed by atoms with van der Waals surface area (Å²) in [5.41, 5.74) is 0.601. The van der Waals surface area contributed by atoms with Gasteiger partial charge in [0.1, 0.15) is 13.2 Å². The minimum atomic E-state index is -0.505. The van der Waals surface area contributed by atoms with Gasteiger partial charge in [0.25, 0.3) is 11.8 Å². The highest BCUT2D eigenvalue weighted by molar-refractivity contribution is 5.95. The summed E-state index contributed by atoms with van der Waals surface area (Å²) in [6, 6.07) is 4.70. The van der Waals surface area contributed by atoms with Gasteiger partial charge in [0.2, 0.25) is 0 Å². The van der Waals surface area contributed by atoms with Gasteiger partial charge in [-0.05, 0) is 25.5 Å². The number of unbranched alkanes of at least 4 members (excludes halogenated alkanes) is 1. The van der Waals surface area contributed by atoms with Crippen LogP contribution in [0.15, 0.2) is 18.2 Å². The van der Waals surface area contributed by atoms with Crippen molar-refractivity contribution in [1.29, 1.82) is 0 Å². The number of carbonyl (C=O) groups excluding carboxylic acids is 3. The molecule has 0 saturated heterocycles. The molecular formula is C19H29N4O5+.